The summed E-state index contributed by atoms with van der Waals surface area (Å²) in [5.74, 6) is 0.167. The van der Waals surface area contributed by atoms with Crippen LogP contribution in [0.3, 0.4) is 0 Å². The Hall–Kier alpha value is -2.70. The van der Waals surface area contributed by atoms with E-state index in [0.717, 1.165) is 17.0 Å². The Bertz CT molecular complexity index is 940. The molecule has 0 amide bonds. The molecule has 0 bridgehead atoms. The predicted molar refractivity (Wildman–Crippen MR) is 122 cm³/mol. The highest BCUT2D eigenvalue weighted by molar-refractivity contribution is 6.74. The van der Waals surface area contributed by atoms with Crippen molar-refractivity contribution in [1.82, 2.24) is 4.57 Å². The van der Waals surface area contributed by atoms with Crippen molar-refractivity contribution in [3.05, 3.63) is 63.3 Å². The van der Waals surface area contributed by atoms with E-state index >= 15 is 0 Å². The number of hydrogen-bond donors (Lipinski definition) is 0. The zero-order valence-corrected chi connectivity index (χ0v) is 20.0. The summed E-state index contributed by atoms with van der Waals surface area (Å²) in [5, 5.41) is 3.66. The molecule has 0 spiro atoms. The molecule has 8 heteroatoms. The molecular formula is C22H32N4O3Si. The molecule has 2 aromatic rings. The normalized spacial score (nSPS) is 11.7. The second kappa shape index (κ2) is 9.41. The van der Waals surface area contributed by atoms with Gasteiger partial charge in [0.15, 0.2) is 0 Å². The number of benzene rings is 1. The first-order valence-corrected chi connectivity index (χ1v) is 13.0. The van der Waals surface area contributed by atoms with Gasteiger partial charge in [-0.2, -0.15) is 0 Å². The molecule has 0 saturated carbocycles. The molecule has 0 fully saturated rings. The van der Waals surface area contributed by atoms with Gasteiger partial charge in [0.05, 0.1) is 12.8 Å². The SMILES string of the molecule is COC(=O)c1c(O[Si](C)(C)C(C)(C)C)c(C)n(CCN=[N+]=[N-])c1Cc1ccccc1. The lowest BCUT2D eigenvalue weighted by Crippen LogP contribution is -2.44. The third-order valence-electron chi connectivity index (χ3n) is 5.83. The van der Waals surface area contributed by atoms with Crippen LogP contribution < -0.4 is 4.43 Å². The first-order chi connectivity index (χ1) is 14.0. The van der Waals surface area contributed by atoms with Crippen LogP contribution in [0.25, 0.3) is 10.4 Å². The molecule has 0 aliphatic heterocycles. The highest BCUT2D eigenvalue weighted by Crippen LogP contribution is 2.41. The zero-order chi connectivity index (χ0) is 22.5. The van der Waals surface area contributed by atoms with E-state index in [2.05, 4.69) is 43.9 Å². The maximum absolute atomic E-state index is 12.9. The minimum absolute atomic E-state index is 0.0282. The van der Waals surface area contributed by atoms with Crippen LogP contribution in [0.15, 0.2) is 35.4 Å². The predicted octanol–water partition coefficient (Wildman–Crippen LogP) is 5.87. The lowest BCUT2D eigenvalue weighted by Gasteiger charge is -2.36. The number of rotatable bonds is 8. The molecule has 0 N–H and O–H groups in total. The van der Waals surface area contributed by atoms with Gasteiger partial charge >= 0.3 is 5.97 Å². The number of carbonyl (C=O) groups excluding carboxylic acids is 1. The van der Waals surface area contributed by atoms with Crippen molar-refractivity contribution in [2.75, 3.05) is 13.7 Å². The molecule has 7 nitrogen and oxygen atoms in total. The number of nitrogens with zero attached hydrogens (tertiary/aromatic N) is 4. The first-order valence-electron chi connectivity index (χ1n) is 10.1. The number of ether oxygens (including phenoxy) is 1. The highest BCUT2D eigenvalue weighted by Gasteiger charge is 2.41. The number of methoxy groups -OCH3 is 1. The van der Waals surface area contributed by atoms with E-state index in [1.165, 1.54) is 7.11 Å². The Morgan fingerprint density at radius 3 is 2.40 bits per heavy atom. The van der Waals surface area contributed by atoms with Gasteiger partial charge in [0, 0.05) is 30.1 Å². The number of aromatic nitrogens is 1. The summed E-state index contributed by atoms with van der Waals surface area (Å²) >= 11 is 0. The van der Waals surface area contributed by atoms with Crippen LogP contribution in [0.4, 0.5) is 0 Å². The lowest BCUT2D eigenvalue weighted by atomic mass is 10.1. The molecule has 0 unspecified atom stereocenters. The summed E-state index contributed by atoms with van der Waals surface area (Å²) in [5.41, 5.74) is 11.9. The minimum Gasteiger partial charge on any atom is -0.542 e. The van der Waals surface area contributed by atoms with Gasteiger partial charge < -0.3 is 13.7 Å². The minimum atomic E-state index is -2.21. The first kappa shape index (κ1) is 23.6. The Morgan fingerprint density at radius 2 is 1.87 bits per heavy atom. The van der Waals surface area contributed by atoms with E-state index in [1.807, 2.05) is 41.8 Å². The standard InChI is InChI=1S/C22H32N4O3Si/c1-16-20(29-30(6,7)22(2,3)4)19(21(27)28-5)18(26(16)14-13-24-25-23)15-17-11-9-8-10-12-17/h8-12H,13-15H2,1-7H3. The Morgan fingerprint density at radius 1 is 1.23 bits per heavy atom. The van der Waals surface area contributed by atoms with E-state index in [9.17, 15) is 4.79 Å². The zero-order valence-electron chi connectivity index (χ0n) is 19.0. The topological polar surface area (TPSA) is 89.2 Å². The number of esters is 1. The van der Waals surface area contributed by atoms with Crippen molar-refractivity contribution in [3.63, 3.8) is 0 Å². The average molecular weight is 429 g/mol. The van der Waals surface area contributed by atoms with Gasteiger partial charge in [-0.05, 0) is 36.2 Å². The van der Waals surface area contributed by atoms with E-state index in [4.69, 9.17) is 14.7 Å². The summed E-state index contributed by atoms with van der Waals surface area (Å²) in [6.07, 6.45) is 0.545. The molecule has 1 heterocycles. The quantitative estimate of drug-likeness (QED) is 0.173. The summed E-state index contributed by atoms with van der Waals surface area (Å²) in [6.45, 7) is 13.5. The van der Waals surface area contributed by atoms with E-state index < -0.39 is 14.3 Å². The summed E-state index contributed by atoms with van der Waals surface area (Å²) < 4.78 is 13.8. The Kier molecular flexibility index (Phi) is 7.39. The van der Waals surface area contributed by atoms with Crippen LogP contribution in [0.2, 0.25) is 18.1 Å². The van der Waals surface area contributed by atoms with Crippen LogP contribution >= 0.6 is 0 Å². The number of carbonyl (C=O) groups is 1. The van der Waals surface area contributed by atoms with Gasteiger partial charge in [-0.25, -0.2) is 4.79 Å². The van der Waals surface area contributed by atoms with Crippen LogP contribution in [0.1, 0.15) is 48.1 Å². The van der Waals surface area contributed by atoms with E-state index in [1.54, 1.807) is 0 Å². The fourth-order valence-electron chi connectivity index (χ4n) is 3.08. The third-order valence-corrected chi connectivity index (χ3v) is 10.2. The summed E-state index contributed by atoms with van der Waals surface area (Å²) in [6, 6.07) is 9.95. The third kappa shape index (κ3) is 5.07. The van der Waals surface area contributed by atoms with Crippen molar-refractivity contribution in [3.8, 4) is 5.75 Å². The Balaban J connectivity index is 2.69. The molecule has 2 rings (SSSR count). The highest BCUT2D eigenvalue weighted by atomic mass is 28.4. The second-order valence-corrected chi connectivity index (χ2v) is 13.6. The van der Waals surface area contributed by atoms with Crippen molar-refractivity contribution < 1.29 is 14.0 Å². The molecule has 0 aliphatic carbocycles. The van der Waals surface area contributed by atoms with Crippen LogP contribution in [0.5, 0.6) is 5.75 Å². The van der Waals surface area contributed by atoms with E-state index in [0.29, 0.717) is 24.3 Å². The molecule has 1 aromatic heterocycles. The summed E-state index contributed by atoms with van der Waals surface area (Å²) in [7, 11) is -0.824. The van der Waals surface area contributed by atoms with Gasteiger partial charge in [-0.3, -0.25) is 0 Å². The van der Waals surface area contributed by atoms with Gasteiger partial charge in [0.25, 0.3) is 8.32 Å². The number of azide groups is 1. The summed E-state index contributed by atoms with van der Waals surface area (Å²) in [4.78, 5) is 15.8. The molecular weight excluding hydrogens is 396 g/mol. The fourth-order valence-corrected chi connectivity index (χ4v) is 4.15. The molecule has 0 atom stereocenters. The molecule has 162 valence electrons. The molecule has 1 aromatic carbocycles. The maximum Gasteiger partial charge on any atom is 0.343 e. The smallest absolute Gasteiger partial charge is 0.343 e. The average Bonchev–Trinajstić information content (AvgIpc) is 2.92. The molecule has 0 saturated heterocycles. The molecule has 0 radical (unpaired) electrons. The van der Waals surface area contributed by atoms with Gasteiger partial charge in [-0.1, -0.05) is 56.2 Å². The second-order valence-electron chi connectivity index (χ2n) is 8.86. The fraction of sp³-hybridized carbons (Fsp3) is 0.500. The van der Waals surface area contributed by atoms with E-state index in [-0.39, 0.29) is 11.6 Å². The molecule has 30 heavy (non-hydrogen) atoms. The Labute approximate surface area is 179 Å². The van der Waals surface area contributed by atoms with Crippen molar-refractivity contribution in [2.45, 2.75) is 58.8 Å². The lowest BCUT2D eigenvalue weighted by molar-refractivity contribution is 0.0597. The van der Waals surface area contributed by atoms with Gasteiger partial charge in [0.1, 0.15) is 11.3 Å². The van der Waals surface area contributed by atoms with Gasteiger partial charge in [-0.15, -0.1) is 0 Å². The van der Waals surface area contributed by atoms with Crippen molar-refractivity contribution in [1.29, 1.82) is 0 Å². The molecule has 0 aliphatic rings. The largest absolute Gasteiger partial charge is 0.542 e. The monoisotopic (exact) mass is 428 g/mol. The van der Waals surface area contributed by atoms with Crippen LogP contribution in [-0.4, -0.2) is 32.5 Å². The van der Waals surface area contributed by atoms with Crippen molar-refractivity contribution >= 4 is 14.3 Å². The number of hydrogen-bond acceptors (Lipinski definition) is 4. The maximum atomic E-state index is 12.9. The van der Waals surface area contributed by atoms with Crippen LogP contribution in [-0.2, 0) is 17.7 Å². The van der Waals surface area contributed by atoms with Gasteiger partial charge in [0.2, 0.25) is 0 Å². The van der Waals surface area contributed by atoms with Crippen molar-refractivity contribution in [2.24, 2.45) is 5.11 Å². The van der Waals surface area contributed by atoms with Crippen LogP contribution in [0, 0.1) is 6.92 Å².